The molecule has 0 radical (unpaired) electrons. The number of nitrogens with one attached hydrogen (secondary N) is 1. The fourth-order valence-corrected chi connectivity index (χ4v) is 3.48. The van der Waals surface area contributed by atoms with Crippen LogP contribution in [-0.4, -0.2) is 44.8 Å². The molecule has 2 aliphatic rings. The molecule has 2 unspecified atom stereocenters. The first kappa shape index (κ1) is 13.7. The molecule has 2 aliphatic heterocycles. The predicted molar refractivity (Wildman–Crippen MR) is 79.5 cm³/mol. The second kappa shape index (κ2) is 6.02. The van der Waals surface area contributed by atoms with E-state index in [1.807, 2.05) is 7.05 Å². The van der Waals surface area contributed by atoms with Gasteiger partial charge in [-0.15, -0.1) is 0 Å². The van der Waals surface area contributed by atoms with Crippen molar-refractivity contribution in [3.63, 3.8) is 0 Å². The summed E-state index contributed by atoms with van der Waals surface area (Å²) in [6.45, 7) is 6.89. The summed E-state index contributed by atoms with van der Waals surface area (Å²) < 4.78 is 11.3. The largest absolute Gasteiger partial charge is 0.486 e. The van der Waals surface area contributed by atoms with Crippen molar-refractivity contribution >= 4 is 0 Å². The molecule has 0 bridgehead atoms. The highest BCUT2D eigenvalue weighted by molar-refractivity contribution is 5.45. The van der Waals surface area contributed by atoms with E-state index in [0.717, 1.165) is 24.6 Å². The van der Waals surface area contributed by atoms with Gasteiger partial charge in [0, 0.05) is 6.04 Å². The number of likely N-dealkylation sites (tertiary alicyclic amines) is 1. The summed E-state index contributed by atoms with van der Waals surface area (Å²) in [6.07, 6.45) is 1.26. The molecular formula is C16H24N2O2. The van der Waals surface area contributed by atoms with Crippen molar-refractivity contribution in [3.8, 4) is 11.5 Å². The highest BCUT2D eigenvalue weighted by Crippen LogP contribution is 2.40. The van der Waals surface area contributed by atoms with E-state index in [1.54, 1.807) is 0 Å². The minimum atomic E-state index is 0.489. The Hall–Kier alpha value is -1.26. The third kappa shape index (κ3) is 2.50. The fourth-order valence-electron chi connectivity index (χ4n) is 3.48. The first-order valence-electron chi connectivity index (χ1n) is 7.61. The molecule has 1 aromatic rings. The van der Waals surface area contributed by atoms with Crippen LogP contribution in [0.1, 0.15) is 24.9 Å². The fraction of sp³-hybridized carbons (Fsp3) is 0.625. The van der Waals surface area contributed by atoms with Gasteiger partial charge in [0.25, 0.3) is 0 Å². The second-order valence-corrected chi connectivity index (χ2v) is 5.58. The third-order valence-electron chi connectivity index (χ3n) is 4.41. The van der Waals surface area contributed by atoms with Crippen LogP contribution < -0.4 is 14.8 Å². The number of nitrogens with zero attached hydrogens (tertiary/aromatic N) is 1. The van der Waals surface area contributed by atoms with Crippen molar-refractivity contribution in [1.29, 1.82) is 0 Å². The molecule has 4 nitrogen and oxygen atoms in total. The summed E-state index contributed by atoms with van der Waals surface area (Å²) in [6, 6.07) is 6.93. The lowest BCUT2D eigenvalue weighted by atomic mass is 9.93. The second-order valence-electron chi connectivity index (χ2n) is 5.58. The molecule has 3 rings (SSSR count). The number of rotatable bonds is 4. The van der Waals surface area contributed by atoms with Crippen molar-refractivity contribution in [2.24, 2.45) is 5.92 Å². The molecule has 0 amide bonds. The Morgan fingerprint density at radius 1 is 1.25 bits per heavy atom. The van der Waals surface area contributed by atoms with E-state index < -0.39 is 0 Å². The van der Waals surface area contributed by atoms with E-state index in [2.05, 4.69) is 35.3 Å². The summed E-state index contributed by atoms with van der Waals surface area (Å²) in [7, 11) is 2.04. The molecule has 0 aliphatic carbocycles. The third-order valence-corrected chi connectivity index (χ3v) is 4.41. The molecule has 0 saturated carbocycles. The smallest absolute Gasteiger partial charge is 0.161 e. The lowest BCUT2D eigenvalue weighted by Gasteiger charge is -2.29. The van der Waals surface area contributed by atoms with Gasteiger partial charge in [-0.25, -0.2) is 0 Å². The number of ether oxygens (including phenoxy) is 2. The maximum Gasteiger partial charge on any atom is 0.161 e. The Bertz CT molecular complexity index is 464. The quantitative estimate of drug-likeness (QED) is 0.912. The van der Waals surface area contributed by atoms with E-state index in [1.165, 1.54) is 18.5 Å². The zero-order valence-electron chi connectivity index (χ0n) is 12.4. The predicted octanol–water partition coefficient (Wildman–Crippen LogP) is 2.06. The molecule has 110 valence electrons. The monoisotopic (exact) mass is 276 g/mol. The average Bonchev–Trinajstić information content (AvgIpc) is 2.90. The van der Waals surface area contributed by atoms with Crippen molar-refractivity contribution in [3.05, 3.63) is 23.8 Å². The topological polar surface area (TPSA) is 33.7 Å². The van der Waals surface area contributed by atoms with Crippen LogP contribution in [0.15, 0.2) is 18.2 Å². The summed E-state index contributed by atoms with van der Waals surface area (Å²) in [5.74, 6) is 2.45. The van der Waals surface area contributed by atoms with Crippen molar-refractivity contribution in [1.82, 2.24) is 10.2 Å². The van der Waals surface area contributed by atoms with Gasteiger partial charge in [-0.05, 0) is 56.7 Å². The maximum atomic E-state index is 5.73. The van der Waals surface area contributed by atoms with Gasteiger partial charge in [-0.3, -0.25) is 4.90 Å². The standard InChI is InChI=1S/C16H24N2O2/c1-3-18-7-6-13(11-17-2)16(18)12-4-5-14-15(10-12)20-9-8-19-14/h4-5,10,13,16-17H,3,6-9,11H2,1-2H3. The first-order valence-corrected chi connectivity index (χ1v) is 7.61. The Kier molecular flexibility index (Phi) is 4.13. The van der Waals surface area contributed by atoms with Crippen molar-refractivity contribution < 1.29 is 9.47 Å². The lowest BCUT2D eigenvalue weighted by molar-refractivity contribution is 0.170. The lowest BCUT2D eigenvalue weighted by Crippen LogP contribution is -2.29. The summed E-state index contributed by atoms with van der Waals surface area (Å²) in [5, 5.41) is 3.33. The minimum Gasteiger partial charge on any atom is -0.486 e. The van der Waals surface area contributed by atoms with E-state index in [0.29, 0.717) is 25.2 Å². The van der Waals surface area contributed by atoms with Gasteiger partial charge in [0.2, 0.25) is 0 Å². The molecular weight excluding hydrogens is 252 g/mol. The van der Waals surface area contributed by atoms with Gasteiger partial charge in [0.1, 0.15) is 13.2 Å². The van der Waals surface area contributed by atoms with Crippen LogP contribution in [0.25, 0.3) is 0 Å². The van der Waals surface area contributed by atoms with E-state index in [-0.39, 0.29) is 0 Å². The first-order chi connectivity index (χ1) is 9.83. The van der Waals surface area contributed by atoms with Gasteiger partial charge >= 0.3 is 0 Å². The molecule has 0 spiro atoms. The zero-order chi connectivity index (χ0) is 13.9. The zero-order valence-corrected chi connectivity index (χ0v) is 12.4. The molecule has 0 aromatic heterocycles. The Morgan fingerprint density at radius 2 is 2.05 bits per heavy atom. The molecule has 2 heterocycles. The molecule has 1 saturated heterocycles. The van der Waals surface area contributed by atoms with E-state index >= 15 is 0 Å². The Morgan fingerprint density at radius 3 is 2.80 bits per heavy atom. The van der Waals surface area contributed by atoms with Crippen LogP contribution in [0, 0.1) is 5.92 Å². The summed E-state index contributed by atoms with van der Waals surface area (Å²) in [4.78, 5) is 2.56. The van der Waals surface area contributed by atoms with Gasteiger partial charge in [0.15, 0.2) is 11.5 Å². The SMILES string of the molecule is CCN1CCC(CNC)C1c1ccc2c(c1)OCCO2. The summed E-state index contributed by atoms with van der Waals surface area (Å²) in [5.41, 5.74) is 1.36. The maximum absolute atomic E-state index is 5.73. The Balaban J connectivity index is 1.88. The van der Waals surface area contributed by atoms with E-state index in [4.69, 9.17) is 9.47 Å². The highest BCUT2D eigenvalue weighted by atomic mass is 16.6. The van der Waals surface area contributed by atoms with Gasteiger partial charge < -0.3 is 14.8 Å². The number of fused-ring (bicyclic) bond motifs is 1. The molecule has 1 fully saturated rings. The van der Waals surface area contributed by atoms with E-state index in [9.17, 15) is 0 Å². The minimum absolute atomic E-state index is 0.489. The molecule has 20 heavy (non-hydrogen) atoms. The number of benzene rings is 1. The van der Waals surface area contributed by atoms with Crippen molar-refractivity contribution in [2.45, 2.75) is 19.4 Å². The number of hydrogen-bond donors (Lipinski definition) is 1. The van der Waals surface area contributed by atoms with Crippen LogP contribution in [-0.2, 0) is 0 Å². The molecule has 2 atom stereocenters. The van der Waals surface area contributed by atoms with Gasteiger partial charge in [-0.2, -0.15) is 0 Å². The van der Waals surface area contributed by atoms with Crippen LogP contribution in [0.4, 0.5) is 0 Å². The van der Waals surface area contributed by atoms with Crippen LogP contribution in [0.2, 0.25) is 0 Å². The normalized spacial score (nSPS) is 25.9. The molecule has 1 aromatic carbocycles. The highest BCUT2D eigenvalue weighted by Gasteiger charge is 2.34. The average molecular weight is 276 g/mol. The van der Waals surface area contributed by atoms with Crippen LogP contribution in [0.3, 0.4) is 0 Å². The summed E-state index contributed by atoms with van der Waals surface area (Å²) >= 11 is 0. The number of hydrogen-bond acceptors (Lipinski definition) is 4. The van der Waals surface area contributed by atoms with Gasteiger partial charge in [-0.1, -0.05) is 13.0 Å². The van der Waals surface area contributed by atoms with Crippen LogP contribution >= 0.6 is 0 Å². The van der Waals surface area contributed by atoms with Crippen molar-refractivity contribution in [2.75, 3.05) is 39.9 Å². The van der Waals surface area contributed by atoms with Crippen LogP contribution in [0.5, 0.6) is 11.5 Å². The molecule has 1 N–H and O–H groups in total. The Labute approximate surface area is 121 Å². The molecule has 4 heteroatoms. The van der Waals surface area contributed by atoms with Gasteiger partial charge in [0.05, 0.1) is 0 Å².